The van der Waals surface area contributed by atoms with Gasteiger partial charge in [-0.15, -0.1) is 11.3 Å². The van der Waals surface area contributed by atoms with Gasteiger partial charge in [-0.05, 0) is 30.8 Å². The average molecular weight is 290 g/mol. The van der Waals surface area contributed by atoms with Gasteiger partial charge in [0.05, 0.1) is 0 Å². The summed E-state index contributed by atoms with van der Waals surface area (Å²) in [6.45, 7) is 4.64. The minimum absolute atomic E-state index is 0.790. The second-order valence-corrected chi connectivity index (χ2v) is 5.70. The van der Waals surface area contributed by atoms with Crippen molar-refractivity contribution in [1.82, 2.24) is 4.90 Å². The van der Waals surface area contributed by atoms with Crippen molar-refractivity contribution in [2.75, 3.05) is 25.5 Å². The van der Waals surface area contributed by atoms with Crippen LogP contribution >= 0.6 is 27.3 Å². The van der Waals surface area contributed by atoms with Crippen LogP contribution in [0.2, 0.25) is 0 Å². The summed E-state index contributed by atoms with van der Waals surface area (Å²) in [4.78, 5) is 3.93. The molecule has 0 bridgehead atoms. The number of alkyl halides is 1. The summed E-state index contributed by atoms with van der Waals surface area (Å²) in [6.07, 6.45) is 2.45. The predicted molar refractivity (Wildman–Crippen MR) is 73.1 cm³/mol. The fourth-order valence-electron chi connectivity index (χ4n) is 1.57. The van der Waals surface area contributed by atoms with Gasteiger partial charge >= 0.3 is 0 Å². The van der Waals surface area contributed by atoms with Crippen LogP contribution in [0.1, 0.15) is 18.2 Å². The van der Waals surface area contributed by atoms with E-state index in [4.69, 9.17) is 0 Å². The molecule has 0 amide bonds. The Bertz CT molecular complexity index is 244. The van der Waals surface area contributed by atoms with Gasteiger partial charge < -0.3 is 4.90 Å². The van der Waals surface area contributed by atoms with Crippen molar-refractivity contribution in [2.24, 2.45) is 5.92 Å². The normalized spacial score (nSPS) is 13.3. The maximum Gasteiger partial charge on any atom is 0.00717 e. The predicted octanol–water partition coefficient (Wildman–Crippen LogP) is 3.64. The third-order valence-corrected chi connectivity index (χ3v) is 4.54. The molecule has 1 atom stereocenters. The maximum atomic E-state index is 3.57. The summed E-state index contributed by atoms with van der Waals surface area (Å²) >= 11 is 5.43. The number of nitrogens with zero attached hydrogens (tertiary/aromatic N) is 1. The van der Waals surface area contributed by atoms with Crippen LogP contribution in [0.3, 0.4) is 0 Å². The van der Waals surface area contributed by atoms with Gasteiger partial charge in [0.2, 0.25) is 0 Å². The number of hydrogen-bond acceptors (Lipinski definition) is 2. The Morgan fingerprint density at radius 2 is 2.33 bits per heavy atom. The highest BCUT2D eigenvalue weighted by Gasteiger charge is 2.08. The Kier molecular flexibility index (Phi) is 6.53. The minimum Gasteiger partial charge on any atom is -0.306 e. The molecule has 1 unspecified atom stereocenters. The number of hydrogen-bond donors (Lipinski definition) is 0. The van der Waals surface area contributed by atoms with E-state index in [0.717, 1.165) is 11.2 Å². The zero-order valence-electron chi connectivity index (χ0n) is 9.58. The van der Waals surface area contributed by atoms with Crippen molar-refractivity contribution in [3.63, 3.8) is 0 Å². The smallest absolute Gasteiger partial charge is 0.00717 e. The highest BCUT2D eigenvalue weighted by molar-refractivity contribution is 9.09. The van der Waals surface area contributed by atoms with Crippen LogP contribution in [-0.2, 0) is 6.42 Å². The van der Waals surface area contributed by atoms with Gasteiger partial charge in [0.15, 0.2) is 0 Å². The van der Waals surface area contributed by atoms with Crippen LogP contribution in [0.5, 0.6) is 0 Å². The van der Waals surface area contributed by atoms with Crippen molar-refractivity contribution in [3.8, 4) is 0 Å². The largest absolute Gasteiger partial charge is 0.306 e. The molecular formula is C12H20BrNS. The first-order valence-electron chi connectivity index (χ1n) is 5.53. The molecule has 0 spiro atoms. The molecule has 15 heavy (non-hydrogen) atoms. The molecule has 0 fully saturated rings. The summed E-state index contributed by atoms with van der Waals surface area (Å²) in [5.74, 6) is 0.790. The quantitative estimate of drug-likeness (QED) is 0.693. The number of likely N-dealkylation sites (N-methyl/N-ethyl adjacent to an activating group) is 1. The van der Waals surface area contributed by atoms with E-state index in [9.17, 15) is 0 Å². The Hall–Kier alpha value is 0.140. The molecule has 0 aliphatic heterocycles. The molecule has 1 nitrogen and oxygen atoms in total. The van der Waals surface area contributed by atoms with E-state index in [0.29, 0.717) is 0 Å². The van der Waals surface area contributed by atoms with E-state index in [1.807, 2.05) is 11.3 Å². The lowest BCUT2D eigenvalue weighted by Gasteiger charge is -2.21. The minimum atomic E-state index is 0.790. The SMILES string of the molecule is CCC(CBr)CN(C)CCc1cccs1. The van der Waals surface area contributed by atoms with E-state index >= 15 is 0 Å². The van der Waals surface area contributed by atoms with Crippen molar-refractivity contribution >= 4 is 27.3 Å². The topological polar surface area (TPSA) is 3.24 Å². The summed E-state index contributed by atoms with van der Waals surface area (Å²) in [7, 11) is 2.22. The van der Waals surface area contributed by atoms with Gasteiger partial charge in [-0.1, -0.05) is 35.3 Å². The third kappa shape index (κ3) is 5.14. The zero-order chi connectivity index (χ0) is 11.1. The fraction of sp³-hybridized carbons (Fsp3) is 0.667. The summed E-state index contributed by atoms with van der Waals surface area (Å²) in [5, 5.41) is 3.27. The molecule has 0 aromatic carbocycles. The Morgan fingerprint density at radius 1 is 1.53 bits per heavy atom. The van der Waals surface area contributed by atoms with Crippen LogP contribution in [0, 0.1) is 5.92 Å². The van der Waals surface area contributed by atoms with Gasteiger partial charge in [-0.2, -0.15) is 0 Å². The van der Waals surface area contributed by atoms with Crippen LogP contribution in [0.4, 0.5) is 0 Å². The van der Waals surface area contributed by atoms with E-state index in [-0.39, 0.29) is 0 Å². The number of halogens is 1. The van der Waals surface area contributed by atoms with Crippen LogP contribution < -0.4 is 0 Å². The standard InChI is InChI=1S/C12H20BrNS/c1-3-11(9-13)10-14(2)7-6-12-5-4-8-15-12/h4-5,8,11H,3,6-7,9-10H2,1-2H3. The molecule has 1 aromatic rings. The molecular weight excluding hydrogens is 270 g/mol. The van der Waals surface area contributed by atoms with Crippen LogP contribution in [0.15, 0.2) is 17.5 Å². The first kappa shape index (κ1) is 13.2. The van der Waals surface area contributed by atoms with Gasteiger partial charge in [-0.3, -0.25) is 0 Å². The average Bonchev–Trinajstić information content (AvgIpc) is 2.75. The maximum absolute atomic E-state index is 3.57. The van der Waals surface area contributed by atoms with Crippen molar-refractivity contribution < 1.29 is 0 Å². The highest BCUT2D eigenvalue weighted by Crippen LogP contribution is 2.11. The molecule has 86 valence electrons. The summed E-state index contributed by atoms with van der Waals surface area (Å²) in [5.41, 5.74) is 0. The first-order chi connectivity index (χ1) is 7.26. The van der Waals surface area contributed by atoms with Crippen molar-refractivity contribution in [2.45, 2.75) is 19.8 Å². The monoisotopic (exact) mass is 289 g/mol. The molecule has 0 radical (unpaired) electrons. The lowest BCUT2D eigenvalue weighted by Crippen LogP contribution is -2.28. The molecule has 3 heteroatoms. The number of thiophene rings is 1. The second-order valence-electron chi connectivity index (χ2n) is 4.02. The second kappa shape index (κ2) is 7.42. The van der Waals surface area contributed by atoms with E-state index in [1.165, 1.54) is 30.8 Å². The Balaban J connectivity index is 2.21. The van der Waals surface area contributed by atoms with E-state index < -0.39 is 0 Å². The number of rotatable bonds is 7. The molecule has 0 saturated heterocycles. The summed E-state index contributed by atoms with van der Waals surface area (Å²) < 4.78 is 0. The molecule has 0 N–H and O–H groups in total. The van der Waals surface area contributed by atoms with Gasteiger partial charge in [0, 0.05) is 23.3 Å². The molecule has 0 aliphatic rings. The summed E-state index contributed by atoms with van der Waals surface area (Å²) in [6, 6.07) is 4.35. The van der Waals surface area contributed by atoms with Crippen LogP contribution in [-0.4, -0.2) is 30.4 Å². The lowest BCUT2D eigenvalue weighted by molar-refractivity contribution is 0.289. The Labute approximate surface area is 106 Å². The van der Waals surface area contributed by atoms with Crippen molar-refractivity contribution in [3.05, 3.63) is 22.4 Å². The Morgan fingerprint density at radius 3 is 2.87 bits per heavy atom. The van der Waals surface area contributed by atoms with E-state index in [2.05, 4.69) is 52.3 Å². The van der Waals surface area contributed by atoms with Gasteiger partial charge in [0.25, 0.3) is 0 Å². The third-order valence-electron chi connectivity index (χ3n) is 2.69. The molecule has 1 rings (SSSR count). The molecule has 0 aliphatic carbocycles. The van der Waals surface area contributed by atoms with Crippen LogP contribution in [0.25, 0.3) is 0 Å². The van der Waals surface area contributed by atoms with Gasteiger partial charge in [-0.25, -0.2) is 0 Å². The van der Waals surface area contributed by atoms with Gasteiger partial charge in [0.1, 0.15) is 0 Å². The fourth-order valence-corrected chi connectivity index (χ4v) is 2.94. The van der Waals surface area contributed by atoms with E-state index in [1.54, 1.807) is 0 Å². The molecule has 0 saturated carbocycles. The zero-order valence-corrected chi connectivity index (χ0v) is 12.0. The molecule has 1 heterocycles. The first-order valence-corrected chi connectivity index (χ1v) is 7.53. The van der Waals surface area contributed by atoms with Crippen molar-refractivity contribution in [1.29, 1.82) is 0 Å². The highest BCUT2D eigenvalue weighted by atomic mass is 79.9. The molecule has 1 aromatic heterocycles. The lowest BCUT2D eigenvalue weighted by atomic mass is 10.1.